The number of aromatic nitrogens is 4. The van der Waals surface area contributed by atoms with E-state index in [4.69, 9.17) is 14.6 Å². The van der Waals surface area contributed by atoms with Crippen LogP contribution in [0.1, 0.15) is 63.3 Å². The first-order chi connectivity index (χ1) is 14.5. The molecule has 30 heavy (non-hydrogen) atoms. The summed E-state index contributed by atoms with van der Waals surface area (Å²) in [6.07, 6.45) is 3.99. The van der Waals surface area contributed by atoms with Crippen molar-refractivity contribution >= 4 is 23.4 Å². The van der Waals surface area contributed by atoms with Gasteiger partial charge in [-0.1, -0.05) is 11.4 Å². The van der Waals surface area contributed by atoms with Crippen molar-refractivity contribution < 1.29 is 19.1 Å². The third-order valence-electron chi connectivity index (χ3n) is 6.00. The molecule has 0 bridgehead atoms. The van der Waals surface area contributed by atoms with Gasteiger partial charge in [0.2, 0.25) is 0 Å². The Morgan fingerprint density at radius 2 is 2.17 bits per heavy atom. The Labute approximate surface area is 179 Å². The number of ether oxygens (including phenoxy) is 2. The first kappa shape index (κ1) is 20.9. The van der Waals surface area contributed by atoms with Crippen molar-refractivity contribution in [2.24, 2.45) is 5.41 Å². The van der Waals surface area contributed by atoms with Crippen molar-refractivity contribution in [1.29, 1.82) is 0 Å². The largest absolute Gasteiger partial charge is 0.461 e. The van der Waals surface area contributed by atoms with Crippen LogP contribution < -0.4 is 5.32 Å². The summed E-state index contributed by atoms with van der Waals surface area (Å²) in [7, 11) is 0. The van der Waals surface area contributed by atoms with Crippen molar-refractivity contribution in [1.82, 2.24) is 24.7 Å². The summed E-state index contributed by atoms with van der Waals surface area (Å²) in [5.41, 5.74) is 3.16. The maximum atomic E-state index is 12.8. The molecule has 1 spiro atoms. The van der Waals surface area contributed by atoms with Gasteiger partial charge in [-0.05, 0) is 49.6 Å². The highest BCUT2D eigenvalue weighted by Crippen LogP contribution is 2.37. The molecule has 0 aliphatic carbocycles. The number of carbonyl (C=O) groups excluding carboxylic acids is 2. The lowest BCUT2D eigenvalue weighted by molar-refractivity contribution is 0.0152. The van der Waals surface area contributed by atoms with E-state index in [1.807, 2.05) is 11.6 Å². The van der Waals surface area contributed by atoms with Crippen LogP contribution in [0.3, 0.4) is 0 Å². The predicted molar refractivity (Wildman–Crippen MR) is 110 cm³/mol. The average molecular weight is 434 g/mol. The summed E-state index contributed by atoms with van der Waals surface area (Å²) in [4.78, 5) is 25.4. The van der Waals surface area contributed by atoms with Crippen LogP contribution in [-0.4, -0.2) is 57.6 Å². The van der Waals surface area contributed by atoms with E-state index in [1.54, 1.807) is 6.92 Å². The molecule has 0 atom stereocenters. The highest BCUT2D eigenvalue weighted by atomic mass is 32.1. The first-order valence-electron chi connectivity index (χ1n) is 10.4. The van der Waals surface area contributed by atoms with Crippen LogP contribution in [0, 0.1) is 12.3 Å². The number of nitrogens with one attached hydrogen (secondary N) is 1. The van der Waals surface area contributed by atoms with Crippen LogP contribution in [0.25, 0.3) is 0 Å². The smallest absolute Gasteiger partial charge is 0.351 e. The van der Waals surface area contributed by atoms with Crippen LogP contribution in [-0.2, 0) is 28.9 Å². The molecule has 0 saturated carbocycles. The zero-order valence-electron chi connectivity index (χ0n) is 17.4. The zero-order chi connectivity index (χ0) is 21.1. The Kier molecular flexibility index (Phi) is 6.14. The topological polar surface area (TPSA) is 108 Å². The highest BCUT2D eigenvalue weighted by molar-refractivity contribution is 7.07. The monoisotopic (exact) mass is 433 g/mol. The fourth-order valence-corrected chi connectivity index (χ4v) is 4.77. The van der Waals surface area contributed by atoms with Gasteiger partial charge in [-0.15, -0.1) is 5.10 Å². The third kappa shape index (κ3) is 4.11. The van der Waals surface area contributed by atoms with E-state index in [-0.39, 0.29) is 17.9 Å². The van der Waals surface area contributed by atoms with Crippen LogP contribution in [0.4, 0.5) is 0 Å². The third-order valence-corrected chi connectivity index (χ3v) is 6.80. The summed E-state index contributed by atoms with van der Waals surface area (Å²) in [5, 5.41) is 11.7. The molecule has 4 rings (SSSR count). The number of hydrogen-bond acceptors (Lipinski definition) is 8. The lowest BCUT2D eigenvalue weighted by atomic mass is 9.76. The molecule has 2 aromatic heterocycles. The van der Waals surface area contributed by atoms with E-state index in [9.17, 15) is 9.59 Å². The standard InChI is InChI=1S/C20H27N5O4S/c1-3-14-16-15(11-20(12-21-18(16)26)5-9-28-10-6-20)25(23-14)7-4-8-29-19(27)17-13(2)22-24-30-17/h3-12H2,1-2H3,(H,21,26). The van der Waals surface area contributed by atoms with Gasteiger partial charge in [0.15, 0.2) is 4.88 Å². The summed E-state index contributed by atoms with van der Waals surface area (Å²) < 4.78 is 16.6. The molecule has 2 aromatic rings. The summed E-state index contributed by atoms with van der Waals surface area (Å²) in [5.74, 6) is -0.423. The van der Waals surface area contributed by atoms with E-state index in [0.717, 1.165) is 61.0 Å². The van der Waals surface area contributed by atoms with Gasteiger partial charge in [-0.2, -0.15) is 5.10 Å². The Hall–Kier alpha value is -2.33. The molecule has 2 aliphatic rings. The minimum Gasteiger partial charge on any atom is -0.461 e. The second-order valence-corrected chi connectivity index (χ2v) is 8.75. The number of amides is 1. The van der Waals surface area contributed by atoms with Crippen molar-refractivity contribution in [3.8, 4) is 0 Å². The van der Waals surface area contributed by atoms with Crippen molar-refractivity contribution in [3.05, 3.63) is 27.5 Å². The van der Waals surface area contributed by atoms with Crippen LogP contribution >= 0.6 is 11.5 Å². The highest BCUT2D eigenvalue weighted by Gasteiger charge is 2.39. The van der Waals surface area contributed by atoms with Crippen molar-refractivity contribution in [3.63, 3.8) is 0 Å². The maximum absolute atomic E-state index is 12.8. The lowest BCUT2D eigenvalue weighted by Crippen LogP contribution is -2.40. The Bertz CT molecular complexity index is 932. The predicted octanol–water partition coefficient (Wildman–Crippen LogP) is 1.94. The van der Waals surface area contributed by atoms with E-state index >= 15 is 0 Å². The van der Waals surface area contributed by atoms with Crippen molar-refractivity contribution in [2.75, 3.05) is 26.4 Å². The van der Waals surface area contributed by atoms with Crippen LogP contribution in [0.2, 0.25) is 0 Å². The minimum absolute atomic E-state index is 0.0190. The van der Waals surface area contributed by atoms with E-state index in [2.05, 4.69) is 14.9 Å². The Morgan fingerprint density at radius 1 is 1.37 bits per heavy atom. The molecule has 10 heteroatoms. The van der Waals surface area contributed by atoms with Gasteiger partial charge in [-0.3, -0.25) is 9.48 Å². The second kappa shape index (κ2) is 8.81. The molecule has 1 saturated heterocycles. The van der Waals surface area contributed by atoms with Gasteiger partial charge in [0.25, 0.3) is 5.91 Å². The fourth-order valence-electron chi connectivity index (χ4n) is 4.22. The van der Waals surface area contributed by atoms with Gasteiger partial charge < -0.3 is 14.8 Å². The molecule has 0 unspecified atom stereocenters. The van der Waals surface area contributed by atoms with Crippen molar-refractivity contribution in [2.45, 2.75) is 52.5 Å². The Morgan fingerprint density at radius 3 is 2.87 bits per heavy atom. The first-order valence-corrected chi connectivity index (χ1v) is 11.2. The SMILES string of the molecule is CCc1nn(CCCOC(=O)c2snnc2C)c2c1C(=O)NCC1(CCOCC1)C2. The number of esters is 1. The Balaban J connectivity index is 1.47. The molecule has 162 valence electrons. The molecule has 9 nitrogen and oxygen atoms in total. The maximum Gasteiger partial charge on any atom is 0.351 e. The lowest BCUT2D eigenvalue weighted by Gasteiger charge is -2.36. The van der Waals surface area contributed by atoms with E-state index in [0.29, 0.717) is 36.5 Å². The normalized spacial score (nSPS) is 18.0. The number of aryl methyl sites for hydroxylation is 3. The van der Waals surface area contributed by atoms with Gasteiger partial charge in [-0.25, -0.2) is 4.79 Å². The molecule has 1 N–H and O–H groups in total. The number of nitrogens with zero attached hydrogens (tertiary/aromatic N) is 4. The molecule has 1 amide bonds. The van der Waals surface area contributed by atoms with Gasteiger partial charge >= 0.3 is 5.97 Å². The van der Waals surface area contributed by atoms with Gasteiger partial charge in [0, 0.05) is 32.7 Å². The molecular weight excluding hydrogens is 406 g/mol. The van der Waals surface area contributed by atoms with Gasteiger partial charge in [0.1, 0.15) is 0 Å². The molecule has 1 fully saturated rings. The number of rotatable bonds is 6. The average Bonchev–Trinajstić information content (AvgIpc) is 3.29. The second-order valence-electron chi connectivity index (χ2n) is 7.99. The molecule has 2 aliphatic heterocycles. The fraction of sp³-hybridized carbons (Fsp3) is 0.650. The number of carbonyl (C=O) groups is 2. The summed E-state index contributed by atoms with van der Waals surface area (Å²) >= 11 is 1.04. The molecule has 0 aromatic carbocycles. The van der Waals surface area contributed by atoms with E-state index < -0.39 is 5.97 Å². The molecule has 4 heterocycles. The minimum atomic E-state index is -0.392. The van der Waals surface area contributed by atoms with Gasteiger partial charge in [0.05, 0.1) is 29.3 Å². The molecular formula is C20H27N5O4S. The summed E-state index contributed by atoms with van der Waals surface area (Å²) in [6.45, 7) is 6.74. The van der Waals surface area contributed by atoms with E-state index in [1.165, 1.54) is 0 Å². The van der Waals surface area contributed by atoms with Crippen LogP contribution in [0.5, 0.6) is 0 Å². The van der Waals surface area contributed by atoms with Crippen LogP contribution in [0.15, 0.2) is 0 Å². The molecule has 0 radical (unpaired) electrons. The quantitative estimate of drug-likeness (QED) is 0.548. The zero-order valence-corrected chi connectivity index (χ0v) is 18.2. The summed E-state index contributed by atoms with van der Waals surface area (Å²) in [6, 6.07) is 0. The number of fused-ring (bicyclic) bond motifs is 1. The number of hydrogen-bond donors (Lipinski definition) is 1.